The highest BCUT2D eigenvalue weighted by molar-refractivity contribution is 7.88. The molecule has 12 heteroatoms. The molecule has 0 atom stereocenters. The minimum Gasteiger partial charge on any atom is -0.493 e. The van der Waals surface area contributed by atoms with Crippen LogP contribution in [0.4, 0.5) is 10.5 Å². The van der Waals surface area contributed by atoms with Crippen LogP contribution in [0.3, 0.4) is 0 Å². The third-order valence-corrected chi connectivity index (χ3v) is 7.21. The van der Waals surface area contributed by atoms with Crippen LogP contribution < -0.4 is 23.8 Å². The summed E-state index contributed by atoms with van der Waals surface area (Å²) in [4.78, 5) is 18.3. The molecule has 1 saturated carbocycles. The first kappa shape index (κ1) is 24.8. The van der Waals surface area contributed by atoms with Crippen LogP contribution in [0.15, 0.2) is 18.3 Å². The largest absolute Gasteiger partial charge is 0.493 e. The fourth-order valence-corrected chi connectivity index (χ4v) is 5.76. The number of nitrogens with zero attached hydrogens (tertiary/aromatic N) is 3. The lowest BCUT2D eigenvalue weighted by Gasteiger charge is -2.60. The summed E-state index contributed by atoms with van der Waals surface area (Å²) in [6.45, 7) is 6.31. The van der Waals surface area contributed by atoms with Gasteiger partial charge in [-0.1, -0.05) is 0 Å². The standard InChI is InChI=1S/C23H29N5O6S/c1-22(2,3)34-21(29)27-35(30,31)26-15-8-23(9-15)12-28(13-23)20-14(10-24)11-25-17-7-19(33-5)18(32-4)6-16(17)20/h6-7,11,15,26H,8-9,12-13H2,1-5H3,(H,27,29). The minimum absolute atomic E-state index is 0.0576. The molecule has 1 amide bonds. The fourth-order valence-electron chi connectivity index (χ4n) is 4.83. The van der Waals surface area contributed by atoms with Gasteiger partial charge in [0.25, 0.3) is 0 Å². The Kier molecular flexibility index (Phi) is 6.19. The van der Waals surface area contributed by atoms with E-state index in [1.54, 1.807) is 47.3 Å². The first-order valence-corrected chi connectivity index (χ1v) is 12.6. The number of amides is 1. The van der Waals surface area contributed by atoms with Crippen molar-refractivity contribution in [3.8, 4) is 17.6 Å². The number of ether oxygens (including phenoxy) is 3. The second-order valence-electron chi connectivity index (χ2n) is 10.0. The molecule has 11 nitrogen and oxygen atoms in total. The minimum atomic E-state index is -4.03. The zero-order valence-corrected chi connectivity index (χ0v) is 21.2. The van der Waals surface area contributed by atoms with E-state index < -0.39 is 21.9 Å². The van der Waals surface area contributed by atoms with E-state index in [0.29, 0.717) is 48.5 Å². The van der Waals surface area contributed by atoms with Crippen LogP contribution in [0.1, 0.15) is 39.2 Å². The van der Waals surface area contributed by atoms with Gasteiger partial charge in [-0.15, -0.1) is 0 Å². The Bertz CT molecular complexity index is 1300. The summed E-state index contributed by atoms with van der Waals surface area (Å²) in [6.07, 6.45) is 1.78. The summed E-state index contributed by atoms with van der Waals surface area (Å²) in [6, 6.07) is 5.53. The van der Waals surface area contributed by atoms with Gasteiger partial charge in [0, 0.05) is 42.2 Å². The van der Waals surface area contributed by atoms with Crippen LogP contribution in [0.25, 0.3) is 10.9 Å². The summed E-state index contributed by atoms with van der Waals surface area (Å²) in [5, 5.41) is 10.5. The monoisotopic (exact) mass is 503 g/mol. The Morgan fingerprint density at radius 1 is 1.20 bits per heavy atom. The van der Waals surface area contributed by atoms with Crippen molar-refractivity contribution in [3.63, 3.8) is 0 Å². The number of pyridine rings is 1. The van der Waals surface area contributed by atoms with Crippen molar-refractivity contribution in [3.05, 3.63) is 23.9 Å². The van der Waals surface area contributed by atoms with E-state index in [9.17, 15) is 18.5 Å². The summed E-state index contributed by atoms with van der Waals surface area (Å²) in [5.41, 5.74) is 1.06. The number of hydrogen-bond donors (Lipinski definition) is 2. The maximum absolute atomic E-state index is 12.3. The molecule has 0 unspecified atom stereocenters. The Morgan fingerprint density at radius 2 is 1.83 bits per heavy atom. The average molecular weight is 504 g/mol. The fraction of sp³-hybridized carbons (Fsp3) is 0.522. The van der Waals surface area contributed by atoms with E-state index >= 15 is 0 Å². The maximum Gasteiger partial charge on any atom is 0.422 e. The number of benzene rings is 1. The van der Waals surface area contributed by atoms with Gasteiger partial charge in [0.15, 0.2) is 11.5 Å². The summed E-state index contributed by atoms with van der Waals surface area (Å²) < 4.78 is 44.8. The number of nitrogens with one attached hydrogen (secondary N) is 2. The molecule has 1 saturated heterocycles. The Morgan fingerprint density at radius 3 is 2.40 bits per heavy atom. The molecule has 1 aliphatic heterocycles. The van der Waals surface area contributed by atoms with E-state index in [1.807, 2.05) is 10.8 Å². The van der Waals surface area contributed by atoms with Crippen LogP contribution in [0, 0.1) is 16.7 Å². The normalized spacial score (nSPS) is 17.3. The highest BCUT2D eigenvalue weighted by Crippen LogP contribution is 2.51. The third kappa shape index (κ3) is 5.06. The smallest absolute Gasteiger partial charge is 0.422 e. The molecular formula is C23H29N5O6S. The average Bonchev–Trinajstić information content (AvgIpc) is 2.70. The summed E-state index contributed by atoms with van der Waals surface area (Å²) in [5.74, 6) is 1.10. The van der Waals surface area contributed by atoms with Crippen molar-refractivity contribution >= 4 is 32.9 Å². The molecule has 0 bridgehead atoms. The van der Waals surface area contributed by atoms with Gasteiger partial charge in [-0.05, 0) is 39.7 Å². The lowest BCUT2D eigenvalue weighted by Crippen LogP contribution is -2.67. The topological polar surface area (TPSA) is 143 Å². The van der Waals surface area contributed by atoms with Crippen molar-refractivity contribution in [1.82, 2.24) is 14.4 Å². The van der Waals surface area contributed by atoms with Gasteiger partial charge in [0.05, 0.1) is 31.0 Å². The lowest BCUT2D eigenvalue weighted by atomic mass is 9.61. The SMILES string of the molecule is COc1cc2ncc(C#N)c(N3CC4(CC(NS(=O)(=O)NC(=O)OC(C)(C)C)C4)C3)c2cc1OC. The van der Waals surface area contributed by atoms with Crippen molar-refractivity contribution in [2.45, 2.75) is 45.3 Å². The number of methoxy groups -OCH3 is 2. The van der Waals surface area contributed by atoms with Crippen LogP contribution in [0.5, 0.6) is 11.5 Å². The van der Waals surface area contributed by atoms with Gasteiger partial charge in [-0.2, -0.15) is 18.4 Å². The molecule has 2 N–H and O–H groups in total. The predicted octanol–water partition coefficient (Wildman–Crippen LogP) is 2.45. The lowest BCUT2D eigenvalue weighted by molar-refractivity contribution is 0.0550. The molecule has 1 aromatic carbocycles. The molecule has 35 heavy (non-hydrogen) atoms. The van der Waals surface area contributed by atoms with E-state index in [4.69, 9.17) is 14.2 Å². The number of rotatable bonds is 6. The van der Waals surface area contributed by atoms with Crippen LogP contribution in [-0.2, 0) is 14.9 Å². The first-order valence-electron chi connectivity index (χ1n) is 11.1. The Hall–Kier alpha value is -3.30. The zero-order chi connectivity index (χ0) is 25.6. The second-order valence-corrected chi connectivity index (χ2v) is 11.5. The van der Waals surface area contributed by atoms with E-state index in [0.717, 1.165) is 11.1 Å². The number of carbonyl (C=O) groups is 1. The molecule has 0 radical (unpaired) electrons. The number of anilines is 1. The van der Waals surface area contributed by atoms with Gasteiger partial charge in [-0.3, -0.25) is 4.98 Å². The summed E-state index contributed by atoms with van der Waals surface area (Å²) in [7, 11) is -0.927. The van der Waals surface area contributed by atoms with Crippen molar-refractivity contribution < 1.29 is 27.4 Å². The zero-order valence-electron chi connectivity index (χ0n) is 20.3. The molecule has 1 aromatic heterocycles. The summed E-state index contributed by atoms with van der Waals surface area (Å²) >= 11 is 0. The number of nitriles is 1. The van der Waals surface area contributed by atoms with Crippen LogP contribution in [-0.4, -0.2) is 58.4 Å². The quantitative estimate of drug-likeness (QED) is 0.607. The van der Waals surface area contributed by atoms with Crippen molar-refractivity contribution in [2.24, 2.45) is 5.41 Å². The molecule has 188 valence electrons. The van der Waals surface area contributed by atoms with Gasteiger partial charge in [0.1, 0.15) is 11.7 Å². The van der Waals surface area contributed by atoms with Gasteiger partial charge in [-0.25, -0.2) is 9.52 Å². The van der Waals surface area contributed by atoms with Gasteiger partial charge in [0.2, 0.25) is 0 Å². The number of hydrogen-bond acceptors (Lipinski definition) is 9. The van der Waals surface area contributed by atoms with Crippen molar-refractivity contribution in [1.29, 1.82) is 5.26 Å². The molecule has 2 heterocycles. The first-order chi connectivity index (χ1) is 16.4. The molecular weight excluding hydrogens is 474 g/mol. The molecule has 2 aliphatic rings. The maximum atomic E-state index is 12.3. The molecule has 2 aromatic rings. The van der Waals surface area contributed by atoms with E-state index in [1.165, 1.54) is 0 Å². The van der Waals surface area contributed by atoms with Gasteiger partial charge >= 0.3 is 16.3 Å². The van der Waals surface area contributed by atoms with Gasteiger partial charge < -0.3 is 19.1 Å². The van der Waals surface area contributed by atoms with Crippen LogP contribution in [0.2, 0.25) is 0 Å². The molecule has 2 fully saturated rings. The Balaban J connectivity index is 1.43. The number of aromatic nitrogens is 1. The van der Waals surface area contributed by atoms with Crippen molar-refractivity contribution in [2.75, 3.05) is 32.2 Å². The molecule has 1 aliphatic carbocycles. The van der Waals surface area contributed by atoms with Crippen LogP contribution >= 0.6 is 0 Å². The highest BCUT2D eigenvalue weighted by Gasteiger charge is 2.53. The number of fused-ring (bicyclic) bond motifs is 1. The van der Waals surface area contributed by atoms with E-state index in [-0.39, 0.29) is 11.5 Å². The predicted molar refractivity (Wildman–Crippen MR) is 129 cm³/mol. The highest BCUT2D eigenvalue weighted by atomic mass is 32.2. The number of carbonyl (C=O) groups excluding carboxylic acids is 1. The molecule has 4 rings (SSSR count). The third-order valence-electron chi connectivity index (χ3n) is 6.13. The Labute approximate surface area is 204 Å². The second kappa shape index (κ2) is 8.73. The van der Waals surface area contributed by atoms with E-state index in [2.05, 4.69) is 20.7 Å². The molecule has 1 spiro atoms.